The summed E-state index contributed by atoms with van der Waals surface area (Å²) in [6.07, 6.45) is 1.82. The highest BCUT2D eigenvalue weighted by molar-refractivity contribution is 9.10. The Morgan fingerprint density at radius 2 is 2.20 bits per heavy atom. The molecule has 1 heterocycles. The highest BCUT2D eigenvalue weighted by atomic mass is 79.9. The molecule has 0 bridgehead atoms. The largest absolute Gasteiger partial charge is 0.380 e. The van der Waals surface area contributed by atoms with E-state index in [9.17, 15) is 0 Å². The number of pyridine rings is 1. The van der Waals surface area contributed by atoms with Crippen molar-refractivity contribution in [2.75, 3.05) is 31.2 Å². The molecule has 0 aromatic carbocycles. The summed E-state index contributed by atoms with van der Waals surface area (Å²) in [5.74, 6) is 1.00. The number of hydrogen-bond acceptors (Lipinski definition) is 3. The van der Waals surface area contributed by atoms with Crippen molar-refractivity contribution in [1.29, 1.82) is 0 Å². The van der Waals surface area contributed by atoms with Crippen molar-refractivity contribution in [3.05, 3.63) is 22.8 Å². The lowest BCUT2D eigenvalue weighted by Crippen LogP contribution is -2.27. The van der Waals surface area contributed by atoms with Gasteiger partial charge in [-0.15, -0.1) is 0 Å². The summed E-state index contributed by atoms with van der Waals surface area (Å²) in [6, 6.07) is 4.02. The maximum atomic E-state index is 5.33. The van der Waals surface area contributed by atoms with Crippen molar-refractivity contribution in [1.82, 2.24) is 4.98 Å². The molecule has 1 aromatic heterocycles. The molecule has 84 valence electrons. The SMILES string of the molecule is CCOCCN(CC)c1ccc(Br)cn1. The van der Waals surface area contributed by atoms with Crippen LogP contribution in [0.25, 0.3) is 0 Å². The molecule has 0 fully saturated rings. The quantitative estimate of drug-likeness (QED) is 0.745. The van der Waals surface area contributed by atoms with E-state index >= 15 is 0 Å². The predicted octanol–water partition coefficient (Wildman–Crippen LogP) is 2.71. The van der Waals surface area contributed by atoms with Crippen molar-refractivity contribution >= 4 is 21.7 Å². The highest BCUT2D eigenvalue weighted by Crippen LogP contribution is 2.14. The van der Waals surface area contributed by atoms with Crippen LogP contribution in [0.3, 0.4) is 0 Å². The number of hydrogen-bond donors (Lipinski definition) is 0. The smallest absolute Gasteiger partial charge is 0.128 e. The first kappa shape index (κ1) is 12.5. The summed E-state index contributed by atoms with van der Waals surface area (Å²) in [7, 11) is 0. The number of likely N-dealkylation sites (N-methyl/N-ethyl adjacent to an activating group) is 1. The number of halogens is 1. The molecule has 0 unspecified atom stereocenters. The standard InChI is InChI=1S/C11H17BrN2O/c1-3-14(7-8-15-4-2)11-6-5-10(12)9-13-11/h5-6,9H,3-4,7-8H2,1-2H3. The van der Waals surface area contributed by atoms with Crippen LogP contribution in [-0.2, 0) is 4.74 Å². The summed E-state index contributed by atoms with van der Waals surface area (Å²) >= 11 is 3.37. The van der Waals surface area contributed by atoms with Gasteiger partial charge >= 0.3 is 0 Å². The first-order valence-corrected chi connectivity index (χ1v) is 6.01. The molecule has 4 heteroatoms. The van der Waals surface area contributed by atoms with E-state index in [2.05, 4.69) is 32.7 Å². The van der Waals surface area contributed by atoms with Crippen molar-refractivity contribution < 1.29 is 4.74 Å². The van der Waals surface area contributed by atoms with Crippen LogP contribution in [0.5, 0.6) is 0 Å². The lowest BCUT2D eigenvalue weighted by atomic mass is 10.4. The molecule has 0 saturated heterocycles. The molecular formula is C11H17BrN2O. The van der Waals surface area contributed by atoms with Gasteiger partial charge in [-0.3, -0.25) is 0 Å². The van der Waals surface area contributed by atoms with Crippen molar-refractivity contribution in [2.45, 2.75) is 13.8 Å². The van der Waals surface area contributed by atoms with E-state index in [-0.39, 0.29) is 0 Å². The molecule has 0 radical (unpaired) electrons. The van der Waals surface area contributed by atoms with Crippen molar-refractivity contribution in [3.63, 3.8) is 0 Å². The molecular weight excluding hydrogens is 256 g/mol. The van der Waals surface area contributed by atoms with E-state index < -0.39 is 0 Å². The molecule has 0 atom stereocenters. The first-order chi connectivity index (χ1) is 7.27. The van der Waals surface area contributed by atoms with Gasteiger partial charge in [0.2, 0.25) is 0 Å². The van der Waals surface area contributed by atoms with Gasteiger partial charge in [0.1, 0.15) is 5.82 Å². The van der Waals surface area contributed by atoms with Crippen LogP contribution >= 0.6 is 15.9 Å². The van der Waals surface area contributed by atoms with E-state index in [0.717, 1.165) is 36.6 Å². The fourth-order valence-corrected chi connectivity index (χ4v) is 1.54. The van der Waals surface area contributed by atoms with Crippen LogP contribution in [0.15, 0.2) is 22.8 Å². The monoisotopic (exact) mass is 272 g/mol. The maximum Gasteiger partial charge on any atom is 0.128 e. The second kappa shape index (κ2) is 6.80. The van der Waals surface area contributed by atoms with Gasteiger partial charge in [0.05, 0.1) is 6.61 Å². The highest BCUT2D eigenvalue weighted by Gasteiger charge is 2.04. The number of nitrogens with zero attached hydrogens (tertiary/aromatic N) is 2. The second-order valence-electron chi connectivity index (χ2n) is 3.11. The Kier molecular flexibility index (Phi) is 5.65. The van der Waals surface area contributed by atoms with Gasteiger partial charge in [0.25, 0.3) is 0 Å². The summed E-state index contributed by atoms with van der Waals surface area (Å²) in [5, 5.41) is 0. The normalized spacial score (nSPS) is 10.3. The minimum Gasteiger partial charge on any atom is -0.380 e. The van der Waals surface area contributed by atoms with Crippen LogP contribution in [0, 0.1) is 0 Å². The molecule has 0 amide bonds. The minimum atomic E-state index is 0.752. The summed E-state index contributed by atoms with van der Waals surface area (Å²) in [6.45, 7) is 7.48. The van der Waals surface area contributed by atoms with Gasteiger partial charge < -0.3 is 9.64 Å². The Bertz CT molecular complexity index is 276. The molecule has 0 aliphatic carbocycles. The molecule has 0 saturated carbocycles. The fourth-order valence-electron chi connectivity index (χ4n) is 1.31. The molecule has 1 aromatic rings. The first-order valence-electron chi connectivity index (χ1n) is 5.22. The molecule has 0 aliphatic heterocycles. The number of ether oxygens (including phenoxy) is 1. The van der Waals surface area contributed by atoms with Crippen LogP contribution in [0.4, 0.5) is 5.82 Å². The van der Waals surface area contributed by atoms with E-state index in [1.165, 1.54) is 0 Å². The van der Waals surface area contributed by atoms with Crippen LogP contribution in [-0.4, -0.2) is 31.3 Å². The zero-order valence-corrected chi connectivity index (χ0v) is 10.8. The summed E-state index contributed by atoms with van der Waals surface area (Å²) < 4.78 is 6.34. The Morgan fingerprint density at radius 3 is 2.73 bits per heavy atom. The third-order valence-corrected chi connectivity index (χ3v) is 2.60. The van der Waals surface area contributed by atoms with E-state index in [1.807, 2.05) is 25.3 Å². The van der Waals surface area contributed by atoms with Gasteiger partial charge in [-0.05, 0) is 41.9 Å². The Labute approximate surface area is 99.6 Å². The average Bonchev–Trinajstić information content (AvgIpc) is 2.26. The van der Waals surface area contributed by atoms with Crippen LogP contribution in [0.1, 0.15) is 13.8 Å². The number of anilines is 1. The van der Waals surface area contributed by atoms with Crippen molar-refractivity contribution in [2.24, 2.45) is 0 Å². The molecule has 0 aliphatic rings. The summed E-state index contributed by atoms with van der Waals surface area (Å²) in [4.78, 5) is 6.55. The zero-order valence-electron chi connectivity index (χ0n) is 9.24. The van der Waals surface area contributed by atoms with Crippen LogP contribution < -0.4 is 4.90 Å². The third kappa shape index (κ3) is 4.18. The lowest BCUT2D eigenvalue weighted by Gasteiger charge is -2.21. The third-order valence-electron chi connectivity index (χ3n) is 2.13. The van der Waals surface area contributed by atoms with Gasteiger partial charge in [0, 0.05) is 30.4 Å². The molecule has 15 heavy (non-hydrogen) atoms. The number of rotatable bonds is 6. The Balaban J connectivity index is 2.53. The average molecular weight is 273 g/mol. The molecule has 0 N–H and O–H groups in total. The maximum absolute atomic E-state index is 5.33. The second-order valence-corrected chi connectivity index (χ2v) is 4.03. The fraction of sp³-hybridized carbons (Fsp3) is 0.545. The van der Waals surface area contributed by atoms with Gasteiger partial charge in [-0.1, -0.05) is 0 Å². The number of aromatic nitrogens is 1. The lowest BCUT2D eigenvalue weighted by molar-refractivity contribution is 0.154. The van der Waals surface area contributed by atoms with E-state index in [1.54, 1.807) is 0 Å². The van der Waals surface area contributed by atoms with Gasteiger partial charge in [-0.25, -0.2) is 4.98 Å². The zero-order chi connectivity index (χ0) is 11.1. The molecule has 0 spiro atoms. The van der Waals surface area contributed by atoms with Gasteiger partial charge in [0.15, 0.2) is 0 Å². The van der Waals surface area contributed by atoms with Crippen LogP contribution in [0.2, 0.25) is 0 Å². The van der Waals surface area contributed by atoms with Gasteiger partial charge in [-0.2, -0.15) is 0 Å². The van der Waals surface area contributed by atoms with E-state index in [0.29, 0.717) is 0 Å². The van der Waals surface area contributed by atoms with Crippen molar-refractivity contribution in [3.8, 4) is 0 Å². The topological polar surface area (TPSA) is 25.4 Å². The Hall–Kier alpha value is -0.610. The van der Waals surface area contributed by atoms with E-state index in [4.69, 9.17) is 4.74 Å². The molecule has 3 nitrogen and oxygen atoms in total. The minimum absolute atomic E-state index is 0.752. The Morgan fingerprint density at radius 1 is 1.40 bits per heavy atom. The molecule has 1 rings (SSSR count). The predicted molar refractivity (Wildman–Crippen MR) is 66.3 cm³/mol. The summed E-state index contributed by atoms with van der Waals surface area (Å²) in [5.41, 5.74) is 0.